The molecule has 2 saturated heterocycles. The van der Waals surface area contributed by atoms with Crippen LogP contribution in [0.25, 0.3) is 0 Å². The van der Waals surface area contributed by atoms with Crippen molar-refractivity contribution in [1.29, 1.82) is 0 Å². The van der Waals surface area contributed by atoms with Crippen molar-refractivity contribution in [3.05, 3.63) is 30.3 Å². The Hall–Kier alpha value is -1.44. The minimum atomic E-state index is -3.90. The van der Waals surface area contributed by atoms with E-state index in [0.29, 0.717) is 6.42 Å². The summed E-state index contributed by atoms with van der Waals surface area (Å²) in [7, 11) is -1.92. The van der Waals surface area contributed by atoms with Crippen molar-refractivity contribution in [3.8, 4) is 0 Å². The van der Waals surface area contributed by atoms with Crippen LogP contribution in [0.1, 0.15) is 26.2 Å². The van der Waals surface area contributed by atoms with Crippen LogP contribution in [0.4, 0.5) is 0 Å². The fourth-order valence-corrected chi connectivity index (χ4v) is 5.00. The first-order chi connectivity index (χ1) is 11.4. The van der Waals surface area contributed by atoms with Gasteiger partial charge >= 0.3 is 5.97 Å². The van der Waals surface area contributed by atoms with Crippen molar-refractivity contribution >= 4 is 16.1 Å². The molecule has 0 spiro atoms. The van der Waals surface area contributed by atoms with Crippen LogP contribution in [0.2, 0.25) is 0 Å². The van der Waals surface area contributed by atoms with Gasteiger partial charge < -0.3 is 4.74 Å². The van der Waals surface area contributed by atoms with E-state index in [0.717, 1.165) is 12.8 Å². The molecule has 1 aromatic rings. The molecule has 1 aromatic carbocycles. The van der Waals surface area contributed by atoms with Crippen LogP contribution in [0.3, 0.4) is 0 Å². The molecule has 0 amide bonds. The third-order valence-corrected chi connectivity index (χ3v) is 6.41. The van der Waals surface area contributed by atoms with E-state index in [2.05, 4.69) is 4.90 Å². The molecule has 7 heteroatoms. The lowest BCUT2D eigenvalue weighted by Gasteiger charge is -2.40. The van der Waals surface area contributed by atoms with Crippen LogP contribution >= 0.6 is 0 Å². The molecule has 2 bridgehead atoms. The smallest absolute Gasteiger partial charge is 0.313 e. The highest BCUT2D eigenvalue weighted by molar-refractivity contribution is 7.86. The van der Waals surface area contributed by atoms with E-state index in [-0.39, 0.29) is 29.6 Å². The zero-order valence-electron chi connectivity index (χ0n) is 13.9. The maximum absolute atomic E-state index is 12.6. The Morgan fingerprint density at radius 3 is 2.62 bits per heavy atom. The molecule has 132 valence electrons. The van der Waals surface area contributed by atoms with Gasteiger partial charge in [0.1, 0.15) is 0 Å². The molecule has 2 unspecified atom stereocenters. The van der Waals surface area contributed by atoms with Crippen LogP contribution in [0, 0.1) is 5.92 Å². The van der Waals surface area contributed by atoms with E-state index in [1.807, 2.05) is 7.05 Å². The summed E-state index contributed by atoms with van der Waals surface area (Å²) in [6.45, 7) is 2.02. The summed E-state index contributed by atoms with van der Waals surface area (Å²) in [5, 5.41) is 0. The summed E-state index contributed by atoms with van der Waals surface area (Å²) in [5.41, 5.74) is 0. The maximum atomic E-state index is 12.6. The molecule has 3 rings (SSSR count). The fraction of sp³-hybridized carbons (Fsp3) is 0.588. The van der Waals surface area contributed by atoms with E-state index in [1.165, 1.54) is 12.1 Å². The topological polar surface area (TPSA) is 72.9 Å². The van der Waals surface area contributed by atoms with Gasteiger partial charge in [0.05, 0.1) is 23.5 Å². The summed E-state index contributed by atoms with van der Waals surface area (Å²) in [5.74, 6) is -0.949. The van der Waals surface area contributed by atoms with E-state index < -0.39 is 22.1 Å². The molecule has 2 aliphatic rings. The maximum Gasteiger partial charge on any atom is 0.313 e. The van der Waals surface area contributed by atoms with Gasteiger partial charge in [0, 0.05) is 12.1 Å². The Morgan fingerprint density at radius 2 is 1.96 bits per heavy atom. The first-order valence-electron chi connectivity index (χ1n) is 8.31. The van der Waals surface area contributed by atoms with E-state index in [4.69, 9.17) is 8.92 Å². The lowest BCUT2D eigenvalue weighted by atomic mass is 9.88. The van der Waals surface area contributed by atoms with Gasteiger partial charge in [0.15, 0.2) is 0 Å². The van der Waals surface area contributed by atoms with Crippen LogP contribution in [0.5, 0.6) is 0 Å². The predicted octanol–water partition coefficient (Wildman–Crippen LogP) is 1.81. The van der Waals surface area contributed by atoms with Crippen molar-refractivity contribution in [2.45, 2.75) is 49.3 Å². The average Bonchev–Trinajstić information content (AvgIpc) is 2.80. The zero-order chi connectivity index (χ0) is 17.3. The Kier molecular flexibility index (Phi) is 4.94. The minimum absolute atomic E-state index is 0.0289. The number of fused-ring (bicyclic) bond motifs is 2. The Balaban J connectivity index is 1.86. The fourth-order valence-electron chi connectivity index (χ4n) is 3.87. The highest BCUT2D eigenvalue weighted by Crippen LogP contribution is 2.41. The standard InChI is InChI=1S/C17H23NO5S/c1-3-22-17(19)16-14-10-9-12(18(14)2)11-15(16)23-24(20,21)13-7-5-4-6-8-13/h4-8,12,14-16H,3,9-11H2,1-2H3/t12-,14+,15?,16?/m0/s1. The Morgan fingerprint density at radius 1 is 1.25 bits per heavy atom. The van der Waals surface area contributed by atoms with Gasteiger partial charge in [-0.1, -0.05) is 18.2 Å². The normalized spacial score (nSPS) is 30.2. The number of ether oxygens (including phenoxy) is 1. The second-order valence-corrected chi connectivity index (χ2v) is 7.95. The Labute approximate surface area is 142 Å². The number of piperidine rings is 1. The molecule has 0 aliphatic carbocycles. The average molecular weight is 353 g/mol. The van der Waals surface area contributed by atoms with Gasteiger partial charge in [-0.3, -0.25) is 13.9 Å². The third-order valence-electron chi connectivity index (χ3n) is 5.06. The third kappa shape index (κ3) is 3.20. The monoisotopic (exact) mass is 353 g/mol. The molecule has 0 aromatic heterocycles. The lowest BCUT2D eigenvalue weighted by Crippen LogP contribution is -2.53. The largest absolute Gasteiger partial charge is 0.466 e. The van der Waals surface area contributed by atoms with Crippen molar-refractivity contribution in [3.63, 3.8) is 0 Å². The highest BCUT2D eigenvalue weighted by atomic mass is 32.2. The SMILES string of the molecule is CCOC(=O)C1C(OS(=O)(=O)c2ccccc2)C[C@@H]2CC[C@H]1N2C. The molecule has 2 heterocycles. The molecule has 0 saturated carbocycles. The number of hydrogen-bond donors (Lipinski definition) is 0. The number of carbonyl (C=O) groups is 1. The van der Waals surface area contributed by atoms with Gasteiger partial charge in [0.25, 0.3) is 10.1 Å². The van der Waals surface area contributed by atoms with Crippen molar-refractivity contribution in [2.24, 2.45) is 5.92 Å². The highest BCUT2D eigenvalue weighted by Gasteiger charge is 2.51. The first kappa shape index (κ1) is 17.4. The Bertz CT molecular complexity index is 690. The molecule has 24 heavy (non-hydrogen) atoms. The summed E-state index contributed by atoms with van der Waals surface area (Å²) in [6.07, 6.45) is 1.64. The number of rotatable bonds is 5. The first-order valence-corrected chi connectivity index (χ1v) is 9.71. The molecule has 6 nitrogen and oxygen atoms in total. The number of nitrogens with zero attached hydrogens (tertiary/aromatic N) is 1. The summed E-state index contributed by atoms with van der Waals surface area (Å²) < 4.78 is 35.8. The zero-order valence-corrected chi connectivity index (χ0v) is 14.7. The van der Waals surface area contributed by atoms with Gasteiger partial charge in [0.2, 0.25) is 0 Å². The van der Waals surface area contributed by atoms with Crippen molar-refractivity contribution in [1.82, 2.24) is 4.90 Å². The summed E-state index contributed by atoms with van der Waals surface area (Å²) in [6, 6.07) is 8.26. The summed E-state index contributed by atoms with van der Waals surface area (Å²) in [4.78, 5) is 14.7. The van der Waals surface area contributed by atoms with Gasteiger partial charge in [-0.05, 0) is 45.4 Å². The van der Waals surface area contributed by atoms with Crippen molar-refractivity contribution in [2.75, 3.05) is 13.7 Å². The molecule has 0 radical (unpaired) electrons. The van der Waals surface area contributed by atoms with Crippen LogP contribution < -0.4 is 0 Å². The van der Waals surface area contributed by atoms with E-state index >= 15 is 0 Å². The lowest BCUT2D eigenvalue weighted by molar-refractivity contribution is -0.156. The molecule has 2 fully saturated rings. The van der Waals surface area contributed by atoms with E-state index in [1.54, 1.807) is 25.1 Å². The van der Waals surface area contributed by atoms with Gasteiger partial charge in [-0.15, -0.1) is 0 Å². The quantitative estimate of drug-likeness (QED) is 0.594. The molecular formula is C17H23NO5S. The second kappa shape index (κ2) is 6.82. The molecule has 4 atom stereocenters. The number of esters is 1. The van der Waals surface area contributed by atoms with Crippen molar-refractivity contribution < 1.29 is 22.1 Å². The van der Waals surface area contributed by atoms with Crippen LogP contribution in [-0.2, 0) is 23.8 Å². The van der Waals surface area contributed by atoms with Gasteiger partial charge in [-0.2, -0.15) is 8.42 Å². The van der Waals surface area contributed by atoms with Gasteiger partial charge in [-0.25, -0.2) is 0 Å². The number of benzene rings is 1. The molecule has 0 N–H and O–H groups in total. The molecular weight excluding hydrogens is 330 g/mol. The predicted molar refractivity (Wildman–Crippen MR) is 87.8 cm³/mol. The molecule has 2 aliphatic heterocycles. The number of hydrogen-bond acceptors (Lipinski definition) is 6. The van der Waals surface area contributed by atoms with Crippen LogP contribution in [0.15, 0.2) is 35.2 Å². The summed E-state index contributed by atoms with van der Waals surface area (Å²) >= 11 is 0. The minimum Gasteiger partial charge on any atom is -0.466 e. The van der Waals surface area contributed by atoms with E-state index in [9.17, 15) is 13.2 Å². The van der Waals surface area contributed by atoms with Crippen LogP contribution in [-0.4, -0.2) is 51.1 Å². The number of carbonyl (C=O) groups excluding carboxylic acids is 1. The second-order valence-electron chi connectivity index (χ2n) is 6.38.